The number of ether oxygens (including phenoxy) is 1. The maximum atomic E-state index is 12.1. The molecular formula is C13H18N2O4S. The lowest BCUT2D eigenvalue weighted by Crippen LogP contribution is -2.42. The van der Waals surface area contributed by atoms with E-state index in [-0.39, 0.29) is 6.61 Å². The number of hydrogen-bond donors (Lipinski definition) is 1. The van der Waals surface area contributed by atoms with Crippen molar-refractivity contribution in [3.05, 3.63) is 35.4 Å². The first kappa shape index (κ1) is 15.0. The fourth-order valence-corrected chi connectivity index (χ4v) is 3.40. The van der Waals surface area contributed by atoms with E-state index in [4.69, 9.17) is 4.74 Å². The van der Waals surface area contributed by atoms with E-state index in [1.54, 1.807) is 24.3 Å². The first-order valence-electron chi connectivity index (χ1n) is 6.43. The van der Waals surface area contributed by atoms with Gasteiger partial charge < -0.3 is 4.74 Å². The molecule has 0 radical (unpaired) electrons. The van der Waals surface area contributed by atoms with E-state index in [0.29, 0.717) is 24.2 Å². The molecule has 1 heterocycles. The summed E-state index contributed by atoms with van der Waals surface area (Å²) in [6.45, 7) is 1.18. The van der Waals surface area contributed by atoms with Gasteiger partial charge in [-0.25, -0.2) is 4.72 Å². The van der Waals surface area contributed by atoms with Crippen LogP contribution in [0.15, 0.2) is 24.3 Å². The van der Waals surface area contributed by atoms with Crippen molar-refractivity contribution in [1.82, 2.24) is 9.03 Å². The number of carbonyl (C=O) groups excluding carboxylic acids is 1. The summed E-state index contributed by atoms with van der Waals surface area (Å²) in [7, 11) is -2.22. The van der Waals surface area contributed by atoms with Crippen molar-refractivity contribution in [3.8, 4) is 0 Å². The van der Waals surface area contributed by atoms with Crippen LogP contribution in [-0.2, 0) is 21.6 Å². The van der Waals surface area contributed by atoms with Gasteiger partial charge in [0, 0.05) is 25.8 Å². The van der Waals surface area contributed by atoms with Crippen LogP contribution in [-0.4, -0.2) is 38.8 Å². The minimum atomic E-state index is -3.75. The Morgan fingerprint density at radius 3 is 2.60 bits per heavy atom. The molecule has 1 fully saturated rings. The van der Waals surface area contributed by atoms with Crippen LogP contribution in [0.4, 0.5) is 0 Å². The van der Waals surface area contributed by atoms with Gasteiger partial charge in [0.15, 0.2) is 0 Å². The zero-order valence-electron chi connectivity index (χ0n) is 11.3. The highest BCUT2D eigenvalue weighted by atomic mass is 32.2. The minimum absolute atomic E-state index is 0.257. The van der Waals surface area contributed by atoms with Crippen molar-refractivity contribution in [1.29, 1.82) is 0 Å². The van der Waals surface area contributed by atoms with E-state index in [9.17, 15) is 13.2 Å². The number of nitrogens with one attached hydrogen (secondary N) is 1. The van der Waals surface area contributed by atoms with Crippen molar-refractivity contribution >= 4 is 16.1 Å². The van der Waals surface area contributed by atoms with E-state index in [0.717, 1.165) is 12.8 Å². The van der Waals surface area contributed by atoms with Gasteiger partial charge in [-0.15, -0.1) is 0 Å². The molecule has 0 spiro atoms. The van der Waals surface area contributed by atoms with E-state index in [1.165, 1.54) is 11.4 Å². The Hall–Kier alpha value is -1.44. The molecule has 0 bridgehead atoms. The molecule has 1 aromatic carbocycles. The second kappa shape index (κ2) is 6.34. The molecule has 6 nitrogen and oxygen atoms in total. The SMILES string of the molecule is COCc1ccccc1C(=O)NS(=O)(=O)N1CCCC1. The van der Waals surface area contributed by atoms with Crippen LogP contribution in [0.2, 0.25) is 0 Å². The predicted octanol–water partition coefficient (Wildman–Crippen LogP) is 0.903. The van der Waals surface area contributed by atoms with Gasteiger partial charge in [-0.3, -0.25) is 4.79 Å². The number of benzene rings is 1. The van der Waals surface area contributed by atoms with Crippen LogP contribution in [0.3, 0.4) is 0 Å². The lowest BCUT2D eigenvalue weighted by Gasteiger charge is -2.16. The van der Waals surface area contributed by atoms with E-state index in [1.807, 2.05) is 0 Å². The minimum Gasteiger partial charge on any atom is -0.380 e. The van der Waals surface area contributed by atoms with Crippen LogP contribution in [0.25, 0.3) is 0 Å². The molecule has 20 heavy (non-hydrogen) atoms. The zero-order chi connectivity index (χ0) is 14.6. The molecule has 0 aromatic heterocycles. The highest BCUT2D eigenvalue weighted by Gasteiger charge is 2.27. The summed E-state index contributed by atoms with van der Waals surface area (Å²) in [4.78, 5) is 12.1. The van der Waals surface area contributed by atoms with Gasteiger partial charge in [-0.2, -0.15) is 12.7 Å². The van der Waals surface area contributed by atoms with Crippen LogP contribution >= 0.6 is 0 Å². The average molecular weight is 298 g/mol. The lowest BCUT2D eigenvalue weighted by atomic mass is 10.1. The molecule has 1 aliphatic heterocycles. The third kappa shape index (κ3) is 3.36. The maximum Gasteiger partial charge on any atom is 0.304 e. The third-order valence-electron chi connectivity index (χ3n) is 3.19. The fourth-order valence-electron chi connectivity index (χ4n) is 2.19. The van der Waals surface area contributed by atoms with Crippen molar-refractivity contribution in [2.24, 2.45) is 0 Å². The summed E-state index contributed by atoms with van der Waals surface area (Å²) < 4.78 is 32.5. The van der Waals surface area contributed by atoms with Gasteiger partial charge in [0.25, 0.3) is 5.91 Å². The molecule has 0 atom stereocenters. The standard InChI is InChI=1S/C13H18N2O4S/c1-19-10-11-6-2-3-7-12(11)13(16)14-20(17,18)15-8-4-5-9-15/h2-3,6-7H,4-5,8-10H2,1H3,(H,14,16). The Balaban J connectivity index is 2.16. The molecule has 1 aromatic rings. The Kier molecular flexibility index (Phi) is 4.74. The highest BCUT2D eigenvalue weighted by molar-refractivity contribution is 7.87. The van der Waals surface area contributed by atoms with Crippen molar-refractivity contribution in [2.75, 3.05) is 20.2 Å². The van der Waals surface area contributed by atoms with Crippen LogP contribution in [0.1, 0.15) is 28.8 Å². The first-order valence-corrected chi connectivity index (χ1v) is 7.87. The van der Waals surface area contributed by atoms with Crippen molar-refractivity contribution in [2.45, 2.75) is 19.4 Å². The number of hydrogen-bond acceptors (Lipinski definition) is 4. The summed E-state index contributed by atoms with van der Waals surface area (Å²) in [5.41, 5.74) is 0.973. The van der Waals surface area contributed by atoms with Gasteiger partial charge in [0.1, 0.15) is 0 Å². The Morgan fingerprint density at radius 1 is 1.30 bits per heavy atom. The van der Waals surface area contributed by atoms with Crippen LogP contribution < -0.4 is 4.72 Å². The largest absolute Gasteiger partial charge is 0.380 e. The molecule has 7 heteroatoms. The van der Waals surface area contributed by atoms with Gasteiger partial charge in [-0.05, 0) is 24.5 Å². The van der Waals surface area contributed by atoms with E-state index < -0.39 is 16.1 Å². The molecule has 0 unspecified atom stereocenters. The Labute approximate surface area is 118 Å². The molecule has 2 rings (SSSR count). The molecule has 1 amide bonds. The van der Waals surface area contributed by atoms with Crippen molar-refractivity contribution in [3.63, 3.8) is 0 Å². The Morgan fingerprint density at radius 2 is 1.95 bits per heavy atom. The normalized spacial score (nSPS) is 16.2. The third-order valence-corrected chi connectivity index (χ3v) is 4.68. The highest BCUT2D eigenvalue weighted by Crippen LogP contribution is 2.14. The van der Waals surface area contributed by atoms with Gasteiger partial charge >= 0.3 is 10.2 Å². The van der Waals surface area contributed by atoms with Crippen LogP contribution in [0, 0.1) is 0 Å². The number of methoxy groups -OCH3 is 1. The molecule has 1 N–H and O–H groups in total. The average Bonchev–Trinajstić information content (AvgIpc) is 2.94. The molecule has 110 valence electrons. The van der Waals surface area contributed by atoms with E-state index >= 15 is 0 Å². The quantitative estimate of drug-likeness (QED) is 0.876. The van der Waals surface area contributed by atoms with E-state index in [2.05, 4.69) is 4.72 Å². The molecule has 0 aliphatic carbocycles. The molecule has 1 saturated heterocycles. The van der Waals surface area contributed by atoms with Crippen LogP contribution in [0.5, 0.6) is 0 Å². The first-order chi connectivity index (χ1) is 9.54. The monoisotopic (exact) mass is 298 g/mol. The predicted molar refractivity (Wildman–Crippen MR) is 74.3 cm³/mol. The van der Waals surface area contributed by atoms with Gasteiger partial charge in [0.2, 0.25) is 0 Å². The molecular weight excluding hydrogens is 280 g/mol. The second-order valence-corrected chi connectivity index (χ2v) is 6.30. The number of amides is 1. The summed E-state index contributed by atoms with van der Waals surface area (Å²) in [6.07, 6.45) is 1.66. The van der Waals surface area contributed by atoms with Gasteiger partial charge in [-0.1, -0.05) is 18.2 Å². The van der Waals surface area contributed by atoms with Gasteiger partial charge in [0.05, 0.1) is 6.61 Å². The summed E-state index contributed by atoms with van der Waals surface area (Å²) >= 11 is 0. The van der Waals surface area contributed by atoms with Crippen molar-refractivity contribution < 1.29 is 17.9 Å². The molecule has 1 aliphatic rings. The summed E-state index contributed by atoms with van der Waals surface area (Å²) in [6, 6.07) is 6.79. The molecule has 0 saturated carbocycles. The number of rotatable bonds is 5. The number of carbonyl (C=O) groups is 1. The maximum absolute atomic E-state index is 12.1. The Bertz CT molecular complexity index is 580. The smallest absolute Gasteiger partial charge is 0.304 e. The lowest BCUT2D eigenvalue weighted by molar-refractivity contribution is 0.0974. The topological polar surface area (TPSA) is 75.7 Å². The summed E-state index contributed by atoms with van der Waals surface area (Å²) in [5.74, 6) is -0.621. The zero-order valence-corrected chi connectivity index (χ0v) is 12.1. The number of nitrogens with zero attached hydrogens (tertiary/aromatic N) is 1. The second-order valence-electron chi connectivity index (χ2n) is 4.63. The fraction of sp³-hybridized carbons (Fsp3) is 0.462. The summed E-state index contributed by atoms with van der Waals surface area (Å²) in [5, 5.41) is 0.